The summed E-state index contributed by atoms with van der Waals surface area (Å²) in [5.41, 5.74) is 0.409. The third kappa shape index (κ3) is 3.28. The maximum atomic E-state index is 9.45. The maximum Gasteiger partial charge on any atom is 0.134 e. The molecule has 0 amide bonds. The highest BCUT2D eigenvalue weighted by Crippen LogP contribution is 2.37. The SMILES string of the molecule is CC1(CNc2cc(N3CCCC3CO)ncn2)CCCC1. The fourth-order valence-electron chi connectivity index (χ4n) is 3.64. The van der Waals surface area contributed by atoms with E-state index in [1.165, 1.54) is 25.7 Å². The molecule has 1 aliphatic heterocycles. The van der Waals surface area contributed by atoms with Crippen LogP contribution < -0.4 is 10.2 Å². The van der Waals surface area contributed by atoms with Crippen molar-refractivity contribution in [1.82, 2.24) is 9.97 Å². The van der Waals surface area contributed by atoms with Crippen LogP contribution in [0.5, 0.6) is 0 Å². The summed E-state index contributed by atoms with van der Waals surface area (Å²) in [7, 11) is 0. The second kappa shape index (κ2) is 6.18. The molecular weight excluding hydrogens is 264 g/mol. The Morgan fingerprint density at radius 2 is 2.14 bits per heavy atom. The number of nitrogens with zero attached hydrogens (tertiary/aromatic N) is 3. The van der Waals surface area contributed by atoms with Gasteiger partial charge in [-0.3, -0.25) is 0 Å². The quantitative estimate of drug-likeness (QED) is 0.872. The molecule has 0 bridgehead atoms. The first-order valence-corrected chi connectivity index (χ1v) is 8.14. The Morgan fingerprint density at radius 3 is 2.90 bits per heavy atom. The normalized spacial score (nSPS) is 24.5. The molecule has 0 spiro atoms. The van der Waals surface area contributed by atoms with Crippen molar-refractivity contribution >= 4 is 11.6 Å². The lowest BCUT2D eigenvalue weighted by Crippen LogP contribution is -2.32. The summed E-state index contributed by atoms with van der Waals surface area (Å²) in [5, 5.41) is 12.9. The van der Waals surface area contributed by atoms with Crippen LogP contribution in [0.2, 0.25) is 0 Å². The van der Waals surface area contributed by atoms with Crippen molar-refractivity contribution in [2.45, 2.75) is 51.5 Å². The van der Waals surface area contributed by atoms with Gasteiger partial charge in [0.05, 0.1) is 12.6 Å². The summed E-state index contributed by atoms with van der Waals surface area (Å²) in [6.07, 6.45) is 9.09. The van der Waals surface area contributed by atoms with Crippen LogP contribution in [-0.4, -0.2) is 40.8 Å². The predicted molar refractivity (Wildman–Crippen MR) is 84.6 cm³/mol. The second-order valence-electron chi connectivity index (χ2n) is 6.80. The zero-order valence-electron chi connectivity index (χ0n) is 12.9. The van der Waals surface area contributed by atoms with Gasteiger partial charge in [-0.25, -0.2) is 9.97 Å². The minimum atomic E-state index is 0.199. The van der Waals surface area contributed by atoms with Crippen LogP contribution in [0.1, 0.15) is 45.4 Å². The van der Waals surface area contributed by atoms with Crippen molar-refractivity contribution in [3.8, 4) is 0 Å². The lowest BCUT2D eigenvalue weighted by atomic mass is 9.89. The van der Waals surface area contributed by atoms with Gasteiger partial charge in [-0.1, -0.05) is 19.8 Å². The molecule has 2 N–H and O–H groups in total. The van der Waals surface area contributed by atoms with Gasteiger partial charge in [-0.05, 0) is 31.1 Å². The van der Waals surface area contributed by atoms with Crippen molar-refractivity contribution < 1.29 is 5.11 Å². The smallest absolute Gasteiger partial charge is 0.134 e. The van der Waals surface area contributed by atoms with E-state index >= 15 is 0 Å². The van der Waals surface area contributed by atoms with Gasteiger partial charge in [0.15, 0.2) is 0 Å². The van der Waals surface area contributed by atoms with Gasteiger partial charge in [0, 0.05) is 19.2 Å². The number of aliphatic hydroxyl groups excluding tert-OH is 1. The summed E-state index contributed by atoms with van der Waals surface area (Å²) in [4.78, 5) is 10.9. The molecule has 21 heavy (non-hydrogen) atoms. The lowest BCUT2D eigenvalue weighted by Gasteiger charge is -2.26. The van der Waals surface area contributed by atoms with E-state index in [9.17, 15) is 5.11 Å². The summed E-state index contributed by atoms with van der Waals surface area (Å²) in [6, 6.07) is 2.23. The molecule has 116 valence electrons. The second-order valence-corrected chi connectivity index (χ2v) is 6.80. The lowest BCUT2D eigenvalue weighted by molar-refractivity contribution is 0.266. The Labute approximate surface area is 126 Å². The van der Waals surface area contributed by atoms with Gasteiger partial charge in [0.1, 0.15) is 18.0 Å². The summed E-state index contributed by atoms with van der Waals surface area (Å²) < 4.78 is 0. The van der Waals surface area contributed by atoms with Crippen molar-refractivity contribution in [3.05, 3.63) is 12.4 Å². The fourth-order valence-corrected chi connectivity index (χ4v) is 3.64. The van der Waals surface area contributed by atoms with Crippen molar-refractivity contribution in [2.24, 2.45) is 5.41 Å². The molecule has 1 aromatic rings. The minimum absolute atomic E-state index is 0.199. The third-order valence-electron chi connectivity index (χ3n) is 5.04. The van der Waals surface area contributed by atoms with E-state index in [1.807, 2.05) is 6.07 Å². The van der Waals surface area contributed by atoms with Gasteiger partial charge >= 0.3 is 0 Å². The predicted octanol–water partition coefficient (Wildman–Crippen LogP) is 2.43. The third-order valence-corrected chi connectivity index (χ3v) is 5.04. The number of aromatic nitrogens is 2. The van der Waals surface area contributed by atoms with E-state index < -0.39 is 0 Å². The van der Waals surface area contributed by atoms with Crippen LogP contribution in [0.25, 0.3) is 0 Å². The van der Waals surface area contributed by atoms with Gasteiger partial charge in [0.25, 0.3) is 0 Å². The number of hydrogen-bond donors (Lipinski definition) is 2. The van der Waals surface area contributed by atoms with Crippen molar-refractivity contribution in [2.75, 3.05) is 29.9 Å². The van der Waals surface area contributed by atoms with Crippen LogP contribution in [0.4, 0.5) is 11.6 Å². The van der Waals surface area contributed by atoms with Gasteiger partial charge in [-0.2, -0.15) is 0 Å². The first kappa shape index (κ1) is 14.6. The molecular formula is C16H26N4O. The summed E-state index contributed by atoms with van der Waals surface area (Å²) in [6.45, 7) is 4.51. The van der Waals surface area contributed by atoms with Gasteiger partial charge in [0.2, 0.25) is 0 Å². The minimum Gasteiger partial charge on any atom is -0.394 e. The summed E-state index contributed by atoms with van der Waals surface area (Å²) in [5.74, 6) is 1.83. The van der Waals surface area contributed by atoms with Crippen molar-refractivity contribution in [3.63, 3.8) is 0 Å². The van der Waals surface area contributed by atoms with Crippen LogP contribution in [-0.2, 0) is 0 Å². The monoisotopic (exact) mass is 290 g/mol. The molecule has 1 aromatic heterocycles. The summed E-state index contributed by atoms with van der Waals surface area (Å²) >= 11 is 0. The zero-order valence-corrected chi connectivity index (χ0v) is 12.9. The van der Waals surface area contributed by atoms with E-state index in [1.54, 1.807) is 6.33 Å². The van der Waals surface area contributed by atoms with E-state index in [4.69, 9.17) is 0 Å². The molecule has 2 fully saturated rings. The van der Waals surface area contributed by atoms with E-state index in [0.717, 1.165) is 37.6 Å². The Morgan fingerprint density at radius 1 is 1.33 bits per heavy atom. The molecule has 1 atom stereocenters. The highest BCUT2D eigenvalue weighted by molar-refractivity contribution is 5.50. The number of nitrogens with one attached hydrogen (secondary N) is 1. The fraction of sp³-hybridized carbons (Fsp3) is 0.750. The standard InChI is InChI=1S/C16H26N4O/c1-16(6-2-3-7-16)11-17-14-9-15(19-12-18-14)20-8-4-5-13(20)10-21/h9,12-13,21H,2-8,10-11H2,1H3,(H,17,18,19). The van der Waals surface area contributed by atoms with Gasteiger partial charge in [-0.15, -0.1) is 0 Å². The molecule has 2 aliphatic rings. The molecule has 3 rings (SSSR count). The number of hydrogen-bond acceptors (Lipinski definition) is 5. The maximum absolute atomic E-state index is 9.45. The topological polar surface area (TPSA) is 61.3 Å². The molecule has 1 saturated carbocycles. The first-order valence-electron chi connectivity index (χ1n) is 8.14. The largest absolute Gasteiger partial charge is 0.394 e. The first-order chi connectivity index (χ1) is 10.2. The highest BCUT2D eigenvalue weighted by Gasteiger charge is 2.29. The average molecular weight is 290 g/mol. The average Bonchev–Trinajstić information content (AvgIpc) is 3.14. The molecule has 0 radical (unpaired) electrons. The molecule has 5 nitrogen and oxygen atoms in total. The van der Waals surface area contributed by atoms with Gasteiger partial charge < -0.3 is 15.3 Å². The number of rotatable bonds is 5. The van der Waals surface area contributed by atoms with Crippen LogP contribution in [0.3, 0.4) is 0 Å². The number of anilines is 2. The molecule has 1 saturated heterocycles. The molecule has 2 heterocycles. The molecule has 1 unspecified atom stereocenters. The zero-order chi connectivity index (χ0) is 14.7. The Balaban J connectivity index is 1.65. The Hall–Kier alpha value is -1.36. The Bertz CT molecular complexity index is 473. The van der Waals surface area contributed by atoms with Crippen LogP contribution in [0.15, 0.2) is 12.4 Å². The van der Waals surface area contributed by atoms with E-state index in [2.05, 4.69) is 27.1 Å². The van der Waals surface area contributed by atoms with E-state index in [-0.39, 0.29) is 12.6 Å². The molecule has 1 aliphatic carbocycles. The van der Waals surface area contributed by atoms with E-state index in [0.29, 0.717) is 5.41 Å². The Kier molecular flexibility index (Phi) is 4.29. The van der Waals surface area contributed by atoms with Crippen LogP contribution >= 0.6 is 0 Å². The molecule has 0 aromatic carbocycles. The highest BCUT2D eigenvalue weighted by atomic mass is 16.3. The molecule has 5 heteroatoms. The van der Waals surface area contributed by atoms with Crippen molar-refractivity contribution in [1.29, 1.82) is 0 Å². The van der Waals surface area contributed by atoms with Crippen LogP contribution in [0, 0.1) is 5.41 Å². The number of aliphatic hydroxyl groups is 1.